The molecule has 2 atom stereocenters. The van der Waals surface area contributed by atoms with Crippen LogP contribution in [0.5, 0.6) is 0 Å². The van der Waals surface area contributed by atoms with Crippen LogP contribution in [0, 0.1) is 5.92 Å². The maximum absolute atomic E-state index is 12.0. The van der Waals surface area contributed by atoms with E-state index in [9.17, 15) is 4.79 Å². The van der Waals surface area contributed by atoms with Crippen LogP contribution in [0.3, 0.4) is 0 Å². The summed E-state index contributed by atoms with van der Waals surface area (Å²) in [5.41, 5.74) is 0.840. The quantitative estimate of drug-likeness (QED) is 0.439. The molecule has 1 saturated heterocycles. The Bertz CT molecular complexity index is 318. The summed E-state index contributed by atoms with van der Waals surface area (Å²) in [6.07, 6.45) is 4.11. The highest BCUT2D eigenvalue weighted by Crippen LogP contribution is 2.16. The van der Waals surface area contributed by atoms with Crippen molar-refractivity contribution in [3.05, 3.63) is 0 Å². The van der Waals surface area contributed by atoms with Crippen molar-refractivity contribution in [3.63, 3.8) is 0 Å². The summed E-state index contributed by atoms with van der Waals surface area (Å²) < 4.78 is 0. The van der Waals surface area contributed by atoms with Gasteiger partial charge in [0.05, 0.1) is 11.8 Å². The third-order valence-electron chi connectivity index (χ3n) is 3.87. The number of likely N-dealkylation sites (tertiary alicyclic amines) is 1. The molecular weight excluding hydrogens is 242 g/mol. The molecular formula is C14H27N3O2. The first-order valence-corrected chi connectivity index (χ1v) is 7.32. The Labute approximate surface area is 116 Å². The number of nitrogens with zero attached hydrogens (tertiary/aromatic N) is 2. The normalized spacial score (nSPS) is 24.4. The maximum atomic E-state index is 12.0. The Hall–Kier alpha value is -1.10. The minimum absolute atomic E-state index is 0.104. The van der Waals surface area contributed by atoms with E-state index in [1.54, 1.807) is 0 Å². The van der Waals surface area contributed by atoms with Gasteiger partial charge in [0.15, 0.2) is 0 Å². The Morgan fingerprint density at radius 2 is 2.32 bits per heavy atom. The fraction of sp³-hybridized carbons (Fsp3) is 0.857. The standard InChI is InChI=1S/C14H27N3O2/c1-4-5-6-8-15-14(18)12(3)17-9-7-13(16-19)11(2)10-17/h11-12,19H,4-10H2,1-3H3,(H,15,18). The molecule has 0 aliphatic carbocycles. The van der Waals surface area contributed by atoms with Gasteiger partial charge >= 0.3 is 0 Å². The van der Waals surface area contributed by atoms with Crippen LogP contribution in [0.4, 0.5) is 0 Å². The van der Waals surface area contributed by atoms with Crippen molar-refractivity contribution in [1.29, 1.82) is 0 Å². The highest BCUT2D eigenvalue weighted by Gasteiger charge is 2.28. The fourth-order valence-corrected chi connectivity index (χ4v) is 2.45. The molecule has 0 aromatic heterocycles. The van der Waals surface area contributed by atoms with E-state index in [2.05, 4.69) is 22.3 Å². The molecule has 1 amide bonds. The number of carbonyl (C=O) groups is 1. The molecule has 0 bridgehead atoms. The largest absolute Gasteiger partial charge is 0.411 e. The maximum Gasteiger partial charge on any atom is 0.237 e. The number of nitrogens with one attached hydrogen (secondary N) is 1. The van der Waals surface area contributed by atoms with Gasteiger partial charge in [0.2, 0.25) is 5.91 Å². The number of unbranched alkanes of at least 4 members (excludes halogenated alkanes) is 2. The molecule has 0 spiro atoms. The number of carbonyl (C=O) groups excluding carboxylic acids is 1. The summed E-state index contributed by atoms with van der Waals surface area (Å²) in [5, 5.41) is 15.2. The lowest BCUT2D eigenvalue weighted by Crippen LogP contribution is -2.50. The van der Waals surface area contributed by atoms with Gasteiger partial charge in [-0.1, -0.05) is 31.8 Å². The van der Waals surface area contributed by atoms with E-state index in [-0.39, 0.29) is 17.9 Å². The number of rotatable bonds is 6. The molecule has 2 unspecified atom stereocenters. The Morgan fingerprint density at radius 3 is 2.89 bits per heavy atom. The predicted molar refractivity (Wildman–Crippen MR) is 76.6 cm³/mol. The van der Waals surface area contributed by atoms with Crippen molar-refractivity contribution in [3.8, 4) is 0 Å². The summed E-state index contributed by atoms with van der Waals surface area (Å²) in [6, 6.07) is -0.107. The summed E-state index contributed by atoms with van der Waals surface area (Å²) in [4.78, 5) is 14.2. The van der Waals surface area contributed by atoms with Crippen molar-refractivity contribution in [2.75, 3.05) is 19.6 Å². The van der Waals surface area contributed by atoms with Gasteiger partial charge in [-0.2, -0.15) is 0 Å². The minimum Gasteiger partial charge on any atom is -0.411 e. The van der Waals surface area contributed by atoms with Crippen LogP contribution in [-0.4, -0.2) is 47.4 Å². The second kappa shape index (κ2) is 8.15. The van der Waals surface area contributed by atoms with Crippen molar-refractivity contribution < 1.29 is 10.0 Å². The zero-order valence-corrected chi connectivity index (χ0v) is 12.4. The van der Waals surface area contributed by atoms with Crippen molar-refractivity contribution >= 4 is 11.6 Å². The van der Waals surface area contributed by atoms with Crippen LogP contribution in [0.2, 0.25) is 0 Å². The first-order chi connectivity index (χ1) is 9.10. The molecule has 5 heteroatoms. The number of piperidine rings is 1. The minimum atomic E-state index is -0.107. The molecule has 1 fully saturated rings. The zero-order chi connectivity index (χ0) is 14.3. The number of hydrogen-bond donors (Lipinski definition) is 2. The molecule has 0 saturated carbocycles. The molecule has 0 radical (unpaired) electrons. The van der Waals surface area contributed by atoms with E-state index < -0.39 is 0 Å². The summed E-state index contributed by atoms with van der Waals surface area (Å²) in [7, 11) is 0. The number of amides is 1. The zero-order valence-electron chi connectivity index (χ0n) is 12.4. The molecule has 1 aliphatic rings. The van der Waals surface area contributed by atoms with Crippen molar-refractivity contribution in [1.82, 2.24) is 10.2 Å². The van der Waals surface area contributed by atoms with Gasteiger partial charge in [-0.05, 0) is 13.3 Å². The molecule has 0 aromatic carbocycles. The van der Waals surface area contributed by atoms with Gasteiger partial charge in [-0.15, -0.1) is 0 Å². The first kappa shape index (κ1) is 16.0. The van der Waals surface area contributed by atoms with E-state index in [0.717, 1.165) is 44.6 Å². The van der Waals surface area contributed by atoms with Crippen LogP contribution < -0.4 is 5.32 Å². The Morgan fingerprint density at radius 1 is 1.58 bits per heavy atom. The van der Waals surface area contributed by atoms with E-state index >= 15 is 0 Å². The van der Waals surface area contributed by atoms with E-state index in [1.807, 2.05) is 13.8 Å². The second-order valence-corrected chi connectivity index (χ2v) is 5.41. The Balaban J connectivity index is 2.36. The third kappa shape index (κ3) is 4.82. The van der Waals surface area contributed by atoms with E-state index in [1.165, 1.54) is 6.42 Å². The van der Waals surface area contributed by atoms with Crippen molar-refractivity contribution in [2.45, 2.75) is 52.5 Å². The van der Waals surface area contributed by atoms with Crippen molar-refractivity contribution in [2.24, 2.45) is 11.1 Å². The van der Waals surface area contributed by atoms with Gasteiger partial charge in [0.1, 0.15) is 0 Å². The summed E-state index contributed by atoms with van der Waals surface area (Å²) in [5.74, 6) is 0.321. The number of oxime groups is 1. The molecule has 2 N–H and O–H groups in total. The molecule has 1 aliphatic heterocycles. The lowest BCUT2D eigenvalue weighted by atomic mass is 9.96. The molecule has 1 heterocycles. The van der Waals surface area contributed by atoms with Crippen LogP contribution in [0.15, 0.2) is 5.16 Å². The topological polar surface area (TPSA) is 64.9 Å². The molecule has 110 valence electrons. The average molecular weight is 269 g/mol. The van der Waals surface area contributed by atoms with Gasteiger partial charge in [-0.25, -0.2) is 0 Å². The van der Waals surface area contributed by atoms with E-state index in [4.69, 9.17) is 5.21 Å². The highest BCUT2D eigenvalue weighted by atomic mass is 16.4. The molecule has 1 rings (SSSR count). The average Bonchev–Trinajstić information content (AvgIpc) is 2.42. The van der Waals surface area contributed by atoms with Gasteiger partial charge in [0, 0.05) is 32.0 Å². The van der Waals surface area contributed by atoms with Gasteiger partial charge in [-0.3, -0.25) is 9.69 Å². The number of hydrogen-bond acceptors (Lipinski definition) is 4. The first-order valence-electron chi connectivity index (χ1n) is 7.32. The summed E-state index contributed by atoms with van der Waals surface area (Å²) >= 11 is 0. The van der Waals surface area contributed by atoms with Crippen LogP contribution in [0.25, 0.3) is 0 Å². The van der Waals surface area contributed by atoms with Gasteiger partial charge < -0.3 is 10.5 Å². The van der Waals surface area contributed by atoms with Crippen LogP contribution >= 0.6 is 0 Å². The Kier molecular flexibility index (Phi) is 6.84. The smallest absolute Gasteiger partial charge is 0.237 e. The third-order valence-corrected chi connectivity index (χ3v) is 3.87. The SMILES string of the molecule is CCCCCNC(=O)C(C)N1CCC(=NO)C(C)C1. The lowest BCUT2D eigenvalue weighted by Gasteiger charge is -2.35. The van der Waals surface area contributed by atoms with Gasteiger partial charge in [0.25, 0.3) is 0 Å². The van der Waals surface area contributed by atoms with Crippen LogP contribution in [0.1, 0.15) is 46.5 Å². The molecule has 5 nitrogen and oxygen atoms in total. The monoisotopic (exact) mass is 269 g/mol. The lowest BCUT2D eigenvalue weighted by molar-refractivity contribution is -0.126. The molecule has 0 aromatic rings. The van der Waals surface area contributed by atoms with Crippen LogP contribution in [-0.2, 0) is 4.79 Å². The summed E-state index contributed by atoms with van der Waals surface area (Å²) in [6.45, 7) is 8.47. The van der Waals surface area contributed by atoms with E-state index in [0.29, 0.717) is 0 Å². The second-order valence-electron chi connectivity index (χ2n) is 5.41. The molecule has 19 heavy (non-hydrogen) atoms. The highest BCUT2D eigenvalue weighted by molar-refractivity contribution is 5.87. The fourth-order valence-electron chi connectivity index (χ4n) is 2.45. The predicted octanol–water partition coefficient (Wildman–Crippen LogP) is 1.85.